The monoisotopic (exact) mass is 898 g/mol. The zero-order valence-corrected chi connectivity index (χ0v) is 37.8. The minimum atomic E-state index is -1.79. The lowest BCUT2D eigenvalue weighted by Gasteiger charge is -2.70. The Balaban J connectivity index is 0.970. The maximum Gasteiger partial charge on any atom is 0.187 e. The first kappa shape index (κ1) is 47.1. The Bertz CT molecular complexity index is 1710. The molecular weight excluding hydrogens is 824 g/mol. The van der Waals surface area contributed by atoms with Gasteiger partial charge in [-0.3, -0.25) is 0 Å². The second kappa shape index (κ2) is 16.4. The predicted octanol–water partition coefficient (Wildman–Crippen LogP) is 0.463. The van der Waals surface area contributed by atoms with Crippen molar-refractivity contribution < 1.29 is 83.9 Å². The highest BCUT2D eigenvalue weighted by Crippen LogP contribution is 2.80. The van der Waals surface area contributed by atoms with Crippen molar-refractivity contribution >= 4 is 0 Å². The Morgan fingerprint density at radius 3 is 1.97 bits per heavy atom. The molecule has 63 heavy (non-hydrogen) atoms. The van der Waals surface area contributed by atoms with Crippen LogP contribution in [0.2, 0.25) is 0 Å². The summed E-state index contributed by atoms with van der Waals surface area (Å²) >= 11 is 0. The molecule has 2 spiro atoms. The van der Waals surface area contributed by atoms with Gasteiger partial charge in [-0.05, 0) is 93.3 Å². The minimum Gasteiger partial charge on any atom is -0.394 e. The molecule has 17 heteroatoms. The summed E-state index contributed by atoms with van der Waals surface area (Å²) < 4.78 is 50.5. The van der Waals surface area contributed by atoms with Crippen molar-refractivity contribution in [3.63, 3.8) is 0 Å². The van der Waals surface area contributed by atoms with E-state index >= 15 is 0 Å². The Morgan fingerprint density at radius 1 is 0.683 bits per heavy atom. The highest BCUT2D eigenvalue weighted by molar-refractivity contribution is 5.27. The van der Waals surface area contributed by atoms with Crippen LogP contribution in [-0.2, 0) is 37.9 Å². The van der Waals surface area contributed by atoms with Crippen LogP contribution in [-0.4, -0.2) is 176 Å². The van der Waals surface area contributed by atoms with Gasteiger partial charge in [0.05, 0.1) is 44.7 Å². The maximum atomic E-state index is 12.4. The number of ether oxygens (including phenoxy) is 8. The Kier molecular flexibility index (Phi) is 12.2. The van der Waals surface area contributed by atoms with Crippen molar-refractivity contribution in [1.29, 1.82) is 0 Å². The first-order valence-electron chi connectivity index (χ1n) is 23.4. The van der Waals surface area contributed by atoms with Gasteiger partial charge < -0.3 is 83.9 Å². The van der Waals surface area contributed by atoms with E-state index in [-0.39, 0.29) is 52.6 Å². The number of aliphatic hydroxyl groups excluding tert-OH is 8. The average Bonchev–Trinajstić information content (AvgIpc) is 3.85. The smallest absolute Gasteiger partial charge is 0.187 e. The number of aliphatic hydroxyl groups is 9. The highest BCUT2D eigenvalue weighted by Gasteiger charge is 2.81. The summed E-state index contributed by atoms with van der Waals surface area (Å²) in [5.74, 6) is -0.140. The fourth-order valence-corrected chi connectivity index (χ4v) is 15.5. The first-order chi connectivity index (χ1) is 29.6. The molecule has 5 aliphatic heterocycles. The van der Waals surface area contributed by atoms with Gasteiger partial charge in [0.25, 0.3) is 0 Å². The predicted molar refractivity (Wildman–Crippen MR) is 219 cm³/mol. The zero-order chi connectivity index (χ0) is 45.4. The summed E-state index contributed by atoms with van der Waals surface area (Å²) in [6.45, 7) is 15.1. The van der Waals surface area contributed by atoms with Gasteiger partial charge >= 0.3 is 0 Å². The van der Waals surface area contributed by atoms with Crippen LogP contribution in [0.5, 0.6) is 0 Å². The summed E-state index contributed by atoms with van der Waals surface area (Å²) in [5, 5.41) is 96.9. The molecule has 9 fully saturated rings. The third-order valence-electron chi connectivity index (χ3n) is 18.7. The molecule has 24 atom stereocenters. The van der Waals surface area contributed by atoms with E-state index in [2.05, 4.69) is 47.6 Å². The van der Waals surface area contributed by atoms with Gasteiger partial charge in [-0.25, -0.2) is 0 Å². The third kappa shape index (κ3) is 6.95. The van der Waals surface area contributed by atoms with Crippen LogP contribution >= 0.6 is 0 Å². The zero-order valence-electron chi connectivity index (χ0n) is 37.8. The molecule has 5 saturated heterocycles. The van der Waals surface area contributed by atoms with Crippen molar-refractivity contribution in [3.8, 4) is 0 Å². The van der Waals surface area contributed by atoms with Gasteiger partial charge in [0.2, 0.25) is 0 Å². The SMILES string of the molecule is CC(C)=C[C@H]1CO[C@]23C[C@]4(CO2)C(CCC2[C@@]5(C)CC[C@H](O[C@@H]6OC[C@H](O)C(O[C@@H]7OC(CO)[C@@H](O)C(O)[C@@H]7O)[C@@H]6O[C@@H]6O[C@@H](CO)C(O)[C@@H]6O)C(C)(C)C5CC[C@]24C)C3C1(C)O. The maximum absolute atomic E-state index is 12.4. The van der Waals surface area contributed by atoms with Gasteiger partial charge in [-0.1, -0.05) is 39.3 Å². The van der Waals surface area contributed by atoms with E-state index in [1.807, 2.05) is 6.92 Å². The molecule has 360 valence electrons. The van der Waals surface area contributed by atoms with E-state index in [1.54, 1.807) is 0 Å². The molecule has 9 aliphatic rings. The van der Waals surface area contributed by atoms with Crippen LogP contribution in [0.4, 0.5) is 0 Å². The Labute approximate surface area is 369 Å². The largest absolute Gasteiger partial charge is 0.394 e. The fraction of sp³-hybridized carbons (Fsp3) is 0.957. The second-order valence-corrected chi connectivity index (χ2v) is 22.4. The molecule has 4 aliphatic carbocycles. The van der Waals surface area contributed by atoms with Crippen molar-refractivity contribution in [2.24, 2.45) is 51.2 Å². The molecule has 0 aromatic heterocycles. The van der Waals surface area contributed by atoms with Gasteiger partial charge in [0, 0.05) is 23.7 Å². The lowest BCUT2D eigenvalue weighted by molar-refractivity contribution is -0.375. The van der Waals surface area contributed by atoms with Crippen LogP contribution in [0.25, 0.3) is 0 Å². The molecule has 9 unspecified atom stereocenters. The quantitative estimate of drug-likeness (QED) is 0.113. The fourth-order valence-electron chi connectivity index (χ4n) is 15.5. The van der Waals surface area contributed by atoms with Crippen LogP contribution in [0.1, 0.15) is 93.4 Å². The number of fused-ring (bicyclic) bond motifs is 4. The molecular formula is C46H74O17. The van der Waals surface area contributed by atoms with Crippen molar-refractivity contribution in [2.75, 3.05) is 33.0 Å². The number of hydrogen-bond acceptors (Lipinski definition) is 17. The first-order valence-corrected chi connectivity index (χ1v) is 23.4. The van der Waals surface area contributed by atoms with E-state index in [4.69, 9.17) is 37.9 Å². The van der Waals surface area contributed by atoms with E-state index in [0.717, 1.165) is 44.1 Å². The normalized spacial score (nSPS) is 57.2. The second-order valence-electron chi connectivity index (χ2n) is 22.4. The topological polar surface area (TPSA) is 256 Å². The highest BCUT2D eigenvalue weighted by atomic mass is 16.8. The molecule has 0 aromatic rings. The molecule has 5 heterocycles. The van der Waals surface area contributed by atoms with E-state index < -0.39 is 110 Å². The molecule has 4 saturated carbocycles. The number of rotatable bonds is 9. The number of allylic oxidation sites excluding steroid dienone is 1. The van der Waals surface area contributed by atoms with Crippen molar-refractivity contribution in [3.05, 3.63) is 11.6 Å². The minimum absolute atomic E-state index is 0.0626. The standard InChI is InChI=1S/C46H74O17/c1-21(2)14-22-17-57-46-19-45(20-58-46)23(37(46)44(22,7)55)8-9-28-42(5)12-11-29(41(3,4)27(42)10-13-43(28,45)6)61-40-36(63-38-33(53)31(51)26(16-48)60-38)35(24(49)18-56-40)62-39-34(54)32(52)30(50)25(15-47)59-39/h14,22-40,47-55H,8-13,15-20H2,1-7H3/t22-,23?,24-,25?,26-,27?,28?,29-,30+,31?,32?,33-,34-,35?,36-,37?,38-,39-,40-,42-,43+,44?,45-,46+/m0/s1. The lowest BCUT2D eigenvalue weighted by atomic mass is 9.35. The van der Waals surface area contributed by atoms with Gasteiger partial charge in [-0.15, -0.1) is 0 Å². The Morgan fingerprint density at radius 2 is 1.32 bits per heavy atom. The van der Waals surface area contributed by atoms with Crippen LogP contribution in [0.15, 0.2) is 11.6 Å². The summed E-state index contributed by atoms with van der Waals surface area (Å²) in [4.78, 5) is 0. The third-order valence-corrected chi connectivity index (χ3v) is 18.7. The van der Waals surface area contributed by atoms with Crippen molar-refractivity contribution in [2.45, 2.75) is 191 Å². The molecule has 9 rings (SSSR count). The molecule has 0 amide bonds. The molecule has 17 nitrogen and oxygen atoms in total. The number of hydrogen-bond donors (Lipinski definition) is 9. The summed E-state index contributed by atoms with van der Waals surface area (Å²) in [7, 11) is 0. The molecule has 0 aromatic carbocycles. The van der Waals surface area contributed by atoms with Gasteiger partial charge in [0.15, 0.2) is 24.7 Å². The Hall–Kier alpha value is -0.940. The summed E-state index contributed by atoms with van der Waals surface area (Å²) in [6.07, 6.45) is -11.3. The molecule has 9 N–H and O–H groups in total. The van der Waals surface area contributed by atoms with E-state index in [0.29, 0.717) is 25.6 Å². The van der Waals surface area contributed by atoms with Crippen LogP contribution in [0, 0.1) is 51.2 Å². The average molecular weight is 899 g/mol. The molecule has 0 radical (unpaired) electrons. The van der Waals surface area contributed by atoms with Crippen molar-refractivity contribution in [1.82, 2.24) is 0 Å². The van der Waals surface area contributed by atoms with E-state index in [1.165, 1.54) is 0 Å². The van der Waals surface area contributed by atoms with Crippen LogP contribution < -0.4 is 0 Å². The summed E-state index contributed by atoms with van der Waals surface area (Å²) in [5.41, 5.74) is -0.487. The van der Waals surface area contributed by atoms with E-state index in [9.17, 15) is 46.0 Å². The lowest BCUT2D eigenvalue weighted by Crippen LogP contribution is -2.68. The van der Waals surface area contributed by atoms with Gasteiger partial charge in [-0.2, -0.15) is 0 Å². The molecule has 2 bridgehead atoms. The summed E-state index contributed by atoms with van der Waals surface area (Å²) in [6, 6.07) is 0. The van der Waals surface area contributed by atoms with Gasteiger partial charge in [0.1, 0.15) is 61.0 Å². The van der Waals surface area contributed by atoms with Crippen LogP contribution in [0.3, 0.4) is 0 Å².